The van der Waals surface area contributed by atoms with Crippen molar-refractivity contribution in [1.29, 1.82) is 0 Å². The molecule has 1 heterocycles. The maximum atomic E-state index is 13.0. The van der Waals surface area contributed by atoms with Crippen LogP contribution in [0.15, 0.2) is 34.7 Å². The van der Waals surface area contributed by atoms with E-state index in [9.17, 15) is 4.79 Å². The summed E-state index contributed by atoms with van der Waals surface area (Å²) in [4.78, 5) is 17.5. The molecule has 1 aromatic heterocycles. The molecule has 4 aliphatic carbocycles. The zero-order chi connectivity index (χ0) is 18.6. The van der Waals surface area contributed by atoms with Crippen LogP contribution < -0.4 is 5.32 Å². The molecular weight excluding hydrogens is 336 g/mol. The Labute approximate surface area is 160 Å². The zero-order valence-electron chi connectivity index (χ0n) is 16.2. The maximum Gasteiger partial charge on any atom is 0.273 e. The van der Waals surface area contributed by atoms with Crippen molar-refractivity contribution >= 4 is 5.91 Å². The van der Waals surface area contributed by atoms with Gasteiger partial charge in [-0.15, -0.1) is 0 Å². The lowest BCUT2D eigenvalue weighted by Crippen LogP contribution is -2.55. The van der Waals surface area contributed by atoms with Crippen molar-refractivity contribution in [3.8, 4) is 11.5 Å². The normalized spacial score (nSPS) is 32.4. The molecule has 4 saturated carbocycles. The molecule has 0 spiro atoms. The smallest absolute Gasteiger partial charge is 0.273 e. The summed E-state index contributed by atoms with van der Waals surface area (Å²) in [6, 6.07) is 9.94. The predicted octanol–water partition coefficient (Wildman–Crippen LogP) is 4.98. The molecule has 27 heavy (non-hydrogen) atoms. The van der Waals surface area contributed by atoms with Crippen LogP contribution >= 0.6 is 0 Å². The Morgan fingerprint density at radius 2 is 1.70 bits per heavy atom. The Hall–Kier alpha value is -2.10. The third-order valence-corrected chi connectivity index (χ3v) is 7.38. The van der Waals surface area contributed by atoms with Gasteiger partial charge in [-0.3, -0.25) is 4.79 Å². The summed E-state index contributed by atoms with van der Waals surface area (Å²) in [6.07, 6.45) is 8.11. The van der Waals surface area contributed by atoms with Gasteiger partial charge in [0.05, 0.1) is 0 Å². The van der Waals surface area contributed by atoms with Gasteiger partial charge in [0.1, 0.15) is 5.76 Å². The Morgan fingerprint density at radius 3 is 2.30 bits per heavy atom. The van der Waals surface area contributed by atoms with E-state index in [0.717, 1.165) is 23.3 Å². The second-order valence-corrected chi connectivity index (χ2v) is 9.26. The van der Waals surface area contributed by atoms with Crippen molar-refractivity contribution in [3.63, 3.8) is 0 Å². The number of aryl methyl sites for hydroxylation is 1. The summed E-state index contributed by atoms with van der Waals surface area (Å²) in [5.74, 6) is 3.66. The summed E-state index contributed by atoms with van der Waals surface area (Å²) >= 11 is 0. The molecular formula is C23H28N2O2. The Kier molecular flexibility index (Phi) is 3.92. The summed E-state index contributed by atoms with van der Waals surface area (Å²) < 4.78 is 5.78. The fourth-order valence-corrected chi connectivity index (χ4v) is 6.44. The topological polar surface area (TPSA) is 55.1 Å². The van der Waals surface area contributed by atoms with E-state index in [4.69, 9.17) is 4.42 Å². The van der Waals surface area contributed by atoms with Crippen LogP contribution in [-0.4, -0.2) is 16.9 Å². The van der Waals surface area contributed by atoms with E-state index >= 15 is 0 Å². The van der Waals surface area contributed by atoms with Crippen LogP contribution in [-0.2, 0) is 0 Å². The first-order chi connectivity index (χ1) is 13.0. The SMILES string of the molecule is Cc1oc(-c2ccccc2)nc1C(=O)N[C@@H](C)C12CC3CC(CC(C3)C1)C2. The average molecular weight is 364 g/mol. The van der Waals surface area contributed by atoms with Gasteiger partial charge < -0.3 is 9.73 Å². The predicted molar refractivity (Wildman–Crippen MR) is 104 cm³/mol. The largest absolute Gasteiger partial charge is 0.441 e. The van der Waals surface area contributed by atoms with E-state index in [1.807, 2.05) is 37.3 Å². The van der Waals surface area contributed by atoms with Gasteiger partial charge in [-0.05, 0) is 87.7 Å². The first kappa shape index (κ1) is 17.0. The van der Waals surface area contributed by atoms with E-state index < -0.39 is 0 Å². The Morgan fingerprint density at radius 1 is 1.11 bits per heavy atom. The number of amides is 1. The number of benzene rings is 1. The number of nitrogens with one attached hydrogen (secondary N) is 1. The van der Waals surface area contributed by atoms with E-state index in [1.54, 1.807) is 0 Å². The standard InChI is InChI=1S/C23H28N2O2/c1-14-20(25-22(27-14)19-6-4-3-5-7-19)21(26)24-15(2)23-11-16-8-17(12-23)10-18(9-16)13-23/h3-7,15-18H,8-13H2,1-2H3,(H,24,26)/t15-,16?,17?,18?,23?/m0/s1. The van der Waals surface area contributed by atoms with E-state index in [-0.39, 0.29) is 11.9 Å². The van der Waals surface area contributed by atoms with Crippen LogP contribution in [0.3, 0.4) is 0 Å². The minimum Gasteiger partial charge on any atom is -0.441 e. The lowest BCUT2D eigenvalue weighted by atomic mass is 9.48. The maximum absolute atomic E-state index is 13.0. The third kappa shape index (κ3) is 2.90. The minimum absolute atomic E-state index is 0.0957. The van der Waals surface area contributed by atoms with Crippen LogP contribution in [0.5, 0.6) is 0 Å². The summed E-state index contributed by atoms with van der Waals surface area (Å²) in [6.45, 7) is 4.03. The van der Waals surface area contributed by atoms with Crippen molar-refractivity contribution in [1.82, 2.24) is 10.3 Å². The fourth-order valence-electron chi connectivity index (χ4n) is 6.44. The fraction of sp³-hybridized carbons (Fsp3) is 0.565. The van der Waals surface area contributed by atoms with Crippen LogP contribution in [0, 0.1) is 30.1 Å². The van der Waals surface area contributed by atoms with Gasteiger partial charge >= 0.3 is 0 Å². The zero-order valence-corrected chi connectivity index (χ0v) is 16.2. The molecule has 4 aliphatic rings. The second-order valence-electron chi connectivity index (χ2n) is 9.26. The highest BCUT2D eigenvalue weighted by atomic mass is 16.4. The average Bonchev–Trinajstić information content (AvgIpc) is 3.03. The highest BCUT2D eigenvalue weighted by molar-refractivity contribution is 5.93. The third-order valence-electron chi connectivity index (χ3n) is 7.38. The number of carbonyl (C=O) groups excluding carboxylic acids is 1. The molecule has 1 aromatic carbocycles. The molecule has 0 unspecified atom stereocenters. The van der Waals surface area contributed by atoms with Gasteiger partial charge in [0.15, 0.2) is 5.69 Å². The molecule has 0 saturated heterocycles. The molecule has 4 nitrogen and oxygen atoms in total. The minimum atomic E-state index is -0.0957. The monoisotopic (exact) mass is 364 g/mol. The number of rotatable bonds is 4. The second kappa shape index (κ2) is 6.22. The molecule has 2 aromatic rings. The van der Waals surface area contributed by atoms with E-state index in [2.05, 4.69) is 17.2 Å². The summed E-state index contributed by atoms with van der Waals surface area (Å²) in [7, 11) is 0. The van der Waals surface area contributed by atoms with Crippen molar-refractivity contribution in [3.05, 3.63) is 41.8 Å². The van der Waals surface area contributed by atoms with Gasteiger partial charge in [-0.1, -0.05) is 18.2 Å². The number of hydrogen-bond acceptors (Lipinski definition) is 3. The van der Waals surface area contributed by atoms with Gasteiger partial charge in [-0.25, -0.2) is 4.98 Å². The van der Waals surface area contributed by atoms with Crippen LogP contribution in [0.4, 0.5) is 0 Å². The highest BCUT2D eigenvalue weighted by Crippen LogP contribution is 2.61. The molecule has 1 amide bonds. The van der Waals surface area contributed by atoms with Crippen molar-refractivity contribution in [2.24, 2.45) is 23.2 Å². The van der Waals surface area contributed by atoms with Crippen LogP contribution in [0.2, 0.25) is 0 Å². The van der Waals surface area contributed by atoms with Crippen molar-refractivity contribution < 1.29 is 9.21 Å². The molecule has 142 valence electrons. The first-order valence-corrected chi connectivity index (χ1v) is 10.4. The molecule has 6 rings (SSSR count). The number of oxazole rings is 1. The van der Waals surface area contributed by atoms with Crippen molar-refractivity contribution in [2.75, 3.05) is 0 Å². The molecule has 1 atom stereocenters. The first-order valence-electron chi connectivity index (χ1n) is 10.4. The number of carbonyl (C=O) groups is 1. The number of hydrogen-bond donors (Lipinski definition) is 1. The van der Waals surface area contributed by atoms with E-state index in [1.165, 1.54) is 38.5 Å². The van der Waals surface area contributed by atoms with Gasteiger partial charge in [0, 0.05) is 11.6 Å². The molecule has 4 bridgehead atoms. The number of aromatic nitrogens is 1. The van der Waals surface area contributed by atoms with Gasteiger partial charge in [0.25, 0.3) is 5.91 Å². The van der Waals surface area contributed by atoms with Gasteiger partial charge in [0.2, 0.25) is 5.89 Å². The summed E-state index contributed by atoms with van der Waals surface area (Å²) in [5, 5.41) is 3.30. The van der Waals surface area contributed by atoms with Crippen LogP contribution in [0.1, 0.15) is 61.7 Å². The van der Waals surface area contributed by atoms with Crippen molar-refractivity contribution in [2.45, 2.75) is 58.4 Å². The molecule has 0 radical (unpaired) electrons. The molecule has 4 fully saturated rings. The Balaban J connectivity index is 1.34. The lowest BCUT2D eigenvalue weighted by Gasteiger charge is -2.59. The summed E-state index contributed by atoms with van der Waals surface area (Å²) in [5.41, 5.74) is 1.61. The quantitative estimate of drug-likeness (QED) is 0.832. The lowest BCUT2D eigenvalue weighted by molar-refractivity contribution is -0.0688. The molecule has 1 N–H and O–H groups in total. The Bertz CT molecular complexity index is 819. The van der Waals surface area contributed by atoms with Gasteiger partial charge in [-0.2, -0.15) is 0 Å². The highest BCUT2D eigenvalue weighted by Gasteiger charge is 2.53. The number of nitrogens with zero attached hydrogens (tertiary/aromatic N) is 1. The molecule has 0 aliphatic heterocycles. The van der Waals surface area contributed by atoms with E-state index in [0.29, 0.717) is 22.8 Å². The van der Waals surface area contributed by atoms with Crippen LogP contribution in [0.25, 0.3) is 11.5 Å². The molecule has 4 heteroatoms.